The number of hydroxylamine groups is 2. The molecule has 0 amide bonds. The largest absolute Gasteiger partial charge is 0.527 e. The lowest BCUT2D eigenvalue weighted by molar-refractivity contribution is -0.130. The Bertz CT molecular complexity index is 217. The maximum Gasteiger partial charge on any atom is 0.527 e. The minimum Gasteiger partial charge on any atom is -0.433 e. The van der Waals surface area contributed by atoms with Crippen LogP contribution in [0.5, 0.6) is 0 Å². The van der Waals surface area contributed by atoms with E-state index in [1.54, 1.807) is 6.92 Å². The van der Waals surface area contributed by atoms with Gasteiger partial charge in [-0.1, -0.05) is 0 Å². The number of rotatable bonds is 2. The van der Waals surface area contributed by atoms with Gasteiger partial charge in [0.2, 0.25) is 0 Å². The van der Waals surface area contributed by atoms with Gasteiger partial charge in [0.25, 0.3) is 0 Å². The number of hydrogen-bond donors (Lipinski definition) is 0. The van der Waals surface area contributed by atoms with E-state index in [1.165, 1.54) is 5.06 Å². The van der Waals surface area contributed by atoms with Crippen molar-refractivity contribution in [3.05, 3.63) is 0 Å². The van der Waals surface area contributed by atoms with Crippen LogP contribution in [-0.2, 0) is 14.4 Å². The lowest BCUT2D eigenvalue weighted by atomic mass is 10.2. The Morgan fingerprint density at radius 3 is 2.93 bits per heavy atom. The second-order valence-electron chi connectivity index (χ2n) is 3.10. The third-order valence-electron chi connectivity index (χ3n) is 1.97. The number of ether oxygens (including phenoxy) is 1. The number of ketones is 1. The number of Topliss-reactive ketones (excluding diaryl/α,β-unsaturated/α-hetero) is 1. The number of hydrogen-bond acceptors (Lipinski definition) is 5. The lowest BCUT2D eigenvalue weighted by Gasteiger charge is -2.17. The van der Waals surface area contributed by atoms with Crippen LogP contribution in [0.3, 0.4) is 0 Å². The lowest BCUT2D eigenvalue weighted by Crippen LogP contribution is -2.28. The van der Waals surface area contributed by atoms with Crippen LogP contribution in [0.25, 0.3) is 0 Å². The molecule has 0 aromatic rings. The Labute approximate surface area is 82.9 Å². The molecule has 1 saturated heterocycles. The Balaban J connectivity index is 2.29. The summed E-state index contributed by atoms with van der Waals surface area (Å²) < 4.78 is 4.62. The van der Waals surface area contributed by atoms with Crippen molar-refractivity contribution in [2.45, 2.75) is 26.2 Å². The monoisotopic (exact) mass is 201 g/mol. The summed E-state index contributed by atoms with van der Waals surface area (Å²) in [5.74, 6) is 0.222. The van der Waals surface area contributed by atoms with Crippen LogP contribution in [0.1, 0.15) is 26.2 Å². The molecule has 0 radical (unpaired) electrons. The van der Waals surface area contributed by atoms with Gasteiger partial charge in [-0.25, -0.2) is 4.79 Å². The summed E-state index contributed by atoms with van der Waals surface area (Å²) in [7, 11) is 0. The summed E-state index contributed by atoms with van der Waals surface area (Å²) in [6, 6.07) is 0. The highest BCUT2D eigenvalue weighted by Crippen LogP contribution is 2.07. The second kappa shape index (κ2) is 5.59. The first-order valence-corrected chi connectivity index (χ1v) is 4.83. The average molecular weight is 201 g/mol. The molecule has 1 rings (SSSR count). The SMILES string of the molecule is CCOC(=O)ON1CCCC(=O)CC1. The summed E-state index contributed by atoms with van der Waals surface area (Å²) in [5, 5.41) is 1.49. The van der Waals surface area contributed by atoms with E-state index in [2.05, 4.69) is 4.74 Å². The summed E-state index contributed by atoms with van der Waals surface area (Å²) in [6.45, 7) is 3.08. The molecule has 0 saturated carbocycles. The van der Waals surface area contributed by atoms with Crippen LogP contribution in [0.4, 0.5) is 4.79 Å². The quantitative estimate of drug-likeness (QED) is 0.627. The minimum absolute atomic E-state index is 0.222. The molecule has 80 valence electrons. The fraction of sp³-hybridized carbons (Fsp3) is 0.778. The van der Waals surface area contributed by atoms with Gasteiger partial charge in [-0.3, -0.25) is 4.79 Å². The summed E-state index contributed by atoms with van der Waals surface area (Å²) in [4.78, 5) is 26.9. The number of carbonyl (C=O) groups excluding carboxylic acids is 2. The normalized spacial score (nSPS) is 18.8. The maximum absolute atomic E-state index is 11.0. The molecule has 1 fully saturated rings. The fourth-order valence-electron chi connectivity index (χ4n) is 1.28. The molecule has 0 unspecified atom stereocenters. The van der Waals surface area contributed by atoms with Gasteiger partial charge in [0.15, 0.2) is 0 Å². The Kier molecular flexibility index (Phi) is 4.39. The van der Waals surface area contributed by atoms with Gasteiger partial charge in [0.1, 0.15) is 5.78 Å². The van der Waals surface area contributed by atoms with Crippen molar-refractivity contribution in [2.24, 2.45) is 0 Å². The van der Waals surface area contributed by atoms with E-state index in [4.69, 9.17) is 4.84 Å². The average Bonchev–Trinajstić information content (AvgIpc) is 2.32. The Morgan fingerprint density at radius 1 is 1.43 bits per heavy atom. The molecule has 0 aliphatic carbocycles. The molecule has 0 N–H and O–H groups in total. The van der Waals surface area contributed by atoms with Crippen molar-refractivity contribution in [2.75, 3.05) is 19.7 Å². The van der Waals surface area contributed by atoms with E-state index in [9.17, 15) is 9.59 Å². The molecular weight excluding hydrogens is 186 g/mol. The Hall–Kier alpha value is -1.10. The predicted octanol–water partition coefficient (Wildman–Crippen LogP) is 1.13. The highest BCUT2D eigenvalue weighted by molar-refractivity contribution is 5.78. The molecule has 5 heteroatoms. The van der Waals surface area contributed by atoms with Gasteiger partial charge >= 0.3 is 6.16 Å². The molecular formula is C9H15NO4. The Morgan fingerprint density at radius 2 is 2.21 bits per heavy atom. The molecule has 14 heavy (non-hydrogen) atoms. The smallest absolute Gasteiger partial charge is 0.433 e. The first kappa shape index (κ1) is 11.0. The van der Waals surface area contributed by atoms with Gasteiger partial charge in [-0.15, -0.1) is 5.06 Å². The minimum atomic E-state index is -0.693. The van der Waals surface area contributed by atoms with E-state index in [1.807, 2.05) is 0 Å². The molecule has 1 heterocycles. The van der Waals surface area contributed by atoms with Crippen LogP contribution < -0.4 is 0 Å². The first-order chi connectivity index (χ1) is 6.72. The van der Waals surface area contributed by atoms with Crippen molar-refractivity contribution < 1.29 is 19.2 Å². The highest BCUT2D eigenvalue weighted by Gasteiger charge is 2.17. The molecule has 0 atom stereocenters. The van der Waals surface area contributed by atoms with Crippen LogP contribution >= 0.6 is 0 Å². The first-order valence-electron chi connectivity index (χ1n) is 4.83. The van der Waals surface area contributed by atoms with E-state index in [-0.39, 0.29) is 5.78 Å². The standard InChI is InChI=1S/C9H15NO4/c1-2-13-9(12)14-10-6-3-4-8(11)5-7-10/h2-7H2,1H3. The van der Waals surface area contributed by atoms with Crippen molar-refractivity contribution >= 4 is 11.9 Å². The second-order valence-corrected chi connectivity index (χ2v) is 3.10. The summed E-state index contributed by atoms with van der Waals surface area (Å²) >= 11 is 0. The molecule has 0 aromatic heterocycles. The molecule has 0 spiro atoms. The molecule has 1 aliphatic rings. The van der Waals surface area contributed by atoms with Gasteiger partial charge in [0.05, 0.1) is 6.61 Å². The maximum atomic E-state index is 11.0. The third-order valence-corrected chi connectivity index (χ3v) is 1.97. The van der Waals surface area contributed by atoms with E-state index < -0.39 is 6.16 Å². The molecule has 0 bridgehead atoms. The number of carbonyl (C=O) groups is 2. The van der Waals surface area contributed by atoms with E-state index in [0.29, 0.717) is 32.5 Å². The summed E-state index contributed by atoms with van der Waals surface area (Å²) in [6.07, 6.45) is 1.06. The number of nitrogens with zero attached hydrogens (tertiary/aromatic N) is 1. The molecule has 0 aromatic carbocycles. The topological polar surface area (TPSA) is 55.8 Å². The third kappa shape index (κ3) is 3.74. The fourth-order valence-corrected chi connectivity index (χ4v) is 1.28. The zero-order valence-corrected chi connectivity index (χ0v) is 8.32. The van der Waals surface area contributed by atoms with E-state index >= 15 is 0 Å². The van der Waals surface area contributed by atoms with Gasteiger partial charge in [-0.2, -0.15) is 0 Å². The summed E-state index contributed by atoms with van der Waals surface area (Å²) in [5.41, 5.74) is 0. The van der Waals surface area contributed by atoms with E-state index in [0.717, 1.165) is 6.42 Å². The molecule has 5 nitrogen and oxygen atoms in total. The van der Waals surface area contributed by atoms with Gasteiger partial charge < -0.3 is 9.57 Å². The van der Waals surface area contributed by atoms with Crippen molar-refractivity contribution in [3.8, 4) is 0 Å². The van der Waals surface area contributed by atoms with Crippen LogP contribution in [0.2, 0.25) is 0 Å². The van der Waals surface area contributed by atoms with Gasteiger partial charge in [-0.05, 0) is 13.3 Å². The van der Waals surface area contributed by atoms with Crippen molar-refractivity contribution in [1.29, 1.82) is 0 Å². The van der Waals surface area contributed by atoms with Crippen LogP contribution in [0, 0.1) is 0 Å². The van der Waals surface area contributed by atoms with Crippen molar-refractivity contribution in [1.82, 2.24) is 5.06 Å². The zero-order valence-electron chi connectivity index (χ0n) is 8.32. The van der Waals surface area contributed by atoms with Gasteiger partial charge in [0, 0.05) is 25.9 Å². The zero-order chi connectivity index (χ0) is 10.4. The van der Waals surface area contributed by atoms with Crippen LogP contribution in [-0.4, -0.2) is 36.7 Å². The molecule has 1 aliphatic heterocycles. The highest BCUT2D eigenvalue weighted by atomic mass is 16.8. The van der Waals surface area contributed by atoms with Crippen LogP contribution in [0.15, 0.2) is 0 Å². The predicted molar refractivity (Wildman–Crippen MR) is 48.5 cm³/mol. The van der Waals surface area contributed by atoms with Crippen molar-refractivity contribution in [3.63, 3.8) is 0 Å².